The smallest absolute Gasteiger partial charge is 0.257 e. The number of halogens is 1. The van der Waals surface area contributed by atoms with Crippen molar-refractivity contribution in [2.75, 3.05) is 16.3 Å². The molecule has 0 aromatic heterocycles. The molecule has 0 bridgehead atoms. The third kappa shape index (κ3) is 4.47. The molecule has 1 amide bonds. The molecular weight excluding hydrogens is 324 g/mol. The van der Waals surface area contributed by atoms with Gasteiger partial charge in [-0.1, -0.05) is 29.3 Å². The van der Waals surface area contributed by atoms with Crippen molar-refractivity contribution in [1.29, 1.82) is 0 Å². The zero-order valence-corrected chi connectivity index (χ0v) is 13.6. The molecule has 0 unspecified atom stereocenters. The fourth-order valence-corrected chi connectivity index (χ4v) is 2.63. The lowest BCUT2D eigenvalue weighted by atomic mass is 10.1. The molecule has 0 aliphatic carbocycles. The van der Waals surface area contributed by atoms with Crippen LogP contribution in [0.4, 0.5) is 11.4 Å². The second kappa shape index (κ2) is 6.37. The van der Waals surface area contributed by atoms with E-state index in [1.165, 1.54) is 18.2 Å². The van der Waals surface area contributed by atoms with Crippen LogP contribution in [0.3, 0.4) is 0 Å². The number of sulfonamides is 1. The first-order valence-corrected chi connectivity index (χ1v) is 8.67. The van der Waals surface area contributed by atoms with Crippen molar-refractivity contribution < 1.29 is 13.2 Å². The molecule has 22 heavy (non-hydrogen) atoms. The number of nitrogens with one attached hydrogen (secondary N) is 2. The average Bonchev–Trinajstić information content (AvgIpc) is 2.39. The minimum atomic E-state index is -3.39. The summed E-state index contributed by atoms with van der Waals surface area (Å²) >= 11 is 6.05. The number of hydrogen-bond donors (Lipinski definition) is 2. The van der Waals surface area contributed by atoms with E-state index in [0.717, 1.165) is 11.8 Å². The largest absolute Gasteiger partial charge is 0.322 e. The summed E-state index contributed by atoms with van der Waals surface area (Å²) in [6.45, 7) is 1.95. The van der Waals surface area contributed by atoms with E-state index in [9.17, 15) is 13.2 Å². The van der Waals surface area contributed by atoms with Gasteiger partial charge in [-0.05, 0) is 37.3 Å². The first-order chi connectivity index (χ1) is 10.2. The number of benzene rings is 2. The molecule has 2 rings (SSSR count). The number of carbonyl (C=O) groups excluding carboxylic acids is 1. The van der Waals surface area contributed by atoms with Crippen LogP contribution >= 0.6 is 11.6 Å². The summed E-state index contributed by atoms with van der Waals surface area (Å²) in [5, 5.41) is 2.90. The summed E-state index contributed by atoms with van der Waals surface area (Å²) < 4.78 is 24.6. The predicted octanol–water partition coefficient (Wildman–Crippen LogP) is 3.27. The molecule has 2 aromatic carbocycles. The standard InChI is InChI=1S/C15H15ClN2O3S/c1-10-3-5-11(6-4-10)17-15(19)13-8-7-12(9-14(13)16)18-22(2,20)21/h3-9,18H,1-2H3,(H,17,19). The summed E-state index contributed by atoms with van der Waals surface area (Å²) in [6.07, 6.45) is 1.04. The molecule has 0 spiro atoms. The Morgan fingerprint density at radius 2 is 1.64 bits per heavy atom. The Bertz CT molecular complexity index is 802. The van der Waals surface area contributed by atoms with E-state index in [1.807, 2.05) is 19.1 Å². The molecule has 0 saturated heterocycles. The van der Waals surface area contributed by atoms with Crippen LogP contribution < -0.4 is 10.0 Å². The minimum Gasteiger partial charge on any atom is -0.322 e. The van der Waals surface area contributed by atoms with Gasteiger partial charge in [0, 0.05) is 11.4 Å². The predicted molar refractivity (Wildman–Crippen MR) is 89.1 cm³/mol. The first kappa shape index (κ1) is 16.3. The Labute approximate surface area is 134 Å². The number of anilines is 2. The number of carbonyl (C=O) groups is 1. The van der Waals surface area contributed by atoms with Crippen molar-refractivity contribution in [2.24, 2.45) is 0 Å². The fraction of sp³-hybridized carbons (Fsp3) is 0.133. The molecule has 0 aliphatic rings. The van der Waals surface area contributed by atoms with Gasteiger partial charge in [-0.3, -0.25) is 9.52 Å². The van der Waals surface area contributed by atoms with Crippen LogP contribution in [0.1, 0.15) is 15.9 Å². The van der Waals surface area contributed by atoms with Crippen molar-refractivity contribution in [3.8, 4) is 0 Å². The van der Waals surface area contributed by atoms with Gasteiger partial charge in [-0.15, -0.1) is 0 Å². The number of amides is 1. The van der Waals surface area contributed by atoms with Gasteiger partial charge in [0.2, 0.25) is 10.0 Å². The van der Waals surface area contributed by atoms with Crippen LogP contribution in [0.25, 0.3) is 0 Å². The fourth-order valence-electron chi connectivity index (χ4n) is 1.81. The molecular formula is C15H15ClN2O3S. The van der Waals surface area contributed by atoms with Crippen LogP contribution in [-0.2, 0) is 10.0 Å². The Hall–Kier alpha value is -2.05. The van der Waals surface area contributed by atoms with Crippen molar-refractivity contribution in [3.63, 3.8) is 0 Å². The highest BCUT2D eigenvalue weighted by Crippen LogP contribution is 2.23. The van der Waals surface area contributed by atoms with Gasteiger partial charge in [0.1, 0.15) is 0 Å². The maximum atomic E-state index is 12.2. The van der Waals surface area contributed by atoms with Crippen LogP contribution in [-0.4, -0.2) is 20.6 Å². The van der Waals surface area contributed by atoms with Gasteiger partial charge in [0.05, 0.1) is 16.8 Å². The van der Waals surface area contributed by atoms with Crippen LogP contribution in [0.2, 0.25) is 5.02 Å². The van der Waals surface area contributed by atoms with Crippen LogP contribution in [0.15, 0.2) is 42.5 Å². The maximum Gasteiger partial charge on any atom is 0.257 e. The molecule has 0 radical (unpaired) electrons. The van der Waals surface area contributed by atoms with E-state index in [4.69, 9.17) is 11.6 Å². The van der Waals surface area contributed by atoms with Gasteiger partial charge in [-0.2, -0.15) is 0 Å². The summed E-state index contributed by atoms with van der Waals surface area (Å²) in [5.74, 6) is -0.361. The summed E-state index contributed by atoms with van der Waals surface area (Å²) in [4.78, 5) is 12.2. The number of aryl methyl sites for hydroxylation is 1. The van der Waals surface area contributed by atoms with E-state index in [-0.39, 0.29) is 16.5 Å². The normalized spacial score (nSPS) is 11.0. The lowest BCUT2D eigenvalue weighted by Gasteiger charge is -2.09. The molecule has 0 heterocycles. The average molecular weight is 339 g/mol. The second-order valence-electron chi connectivity index (χ2n) is 4.89. The minimum absolute atomic E-state index is 0.165. The monoisotopic (exact) mass is 338 g/mol. The molecule has 0 saturated carbocycles. The van der Waals surface area contributed by atoms with Gasteiger partial charge in [-0.25, -0.2) is 8.42 Å². The highest BCUT2D eigenvalue weighted by atomic mass is 35.5. The van der Waals surface area contributed by atoms with Gasteiger partial charge >= 0.3 is 0 Å². The van der Waals surface area contributed by atoms with Crippen molar-refractivity contribution in [1.82, 2.24) is 0 Å². The number of rotatable bonds is 4. The van der Waals surface area contributed by atoms with Gasteiger partial charge in [0.15, 0.2) is 0 Å². The molecule has 2 aromatic rings. The van der Waals surface area contributed by atoms with Crippen molar-refractivity contribution >= 4 is 38.9 Å². The zero-order valence-electron chi connectivity index (χ0n) is 12.1. The second-order valence-corrected chi connectivity index (χ2v) is 7.04. The Morgan fingerprint density at radius 3 is 2.18 bits per heavy atom. The van der Waals surface area contributed by atoms with E-state index in [1.54, 1.807) is 12.1 Å². The third-order valence-corrected chi connectivity index (χ3v) is 3.75. The Morgan fingerprint density at radius 1 is 1.05 bits per heavy atom. The highest BCUT2D eigenvalue weighted by Gasteiger charge is 2.12. The molecule has 0 atom stereocenters. The van der Waals surface area contributed by atoms with E-state index in [0.29, 0.717) is 11.4 Å². The molecule has 5 nitrogen and oxygen atoms in total. The molecule has 7 heteroatoms. The van der Waals surface area contributed by atoms with Crippen molar-refractivity contribution in [2.45, 2.75) is 6.92 Å². The van der Waals surface area contributed by atoms with E-state index >= 15 is 0 Å². The summed E-state index contributed by atoms with van der Waals surface area (Å²) in [7, 11) is -3.39. The topological polar surface area (TPSA) is 75.3 Å². The molecule has 0 aliphatic heterocycles. The quantitative estimate of drug-likeness (QED) is 0.898. The zero-order chi connectivity index (χ0) is 16.3. The van der Waals surface area contributed by atoms with E-state index in [2.05, 4.69) is 10.0 Å². The third-order valence-electron chi connectivity index (χ3n) is 2.83. The summed E-state index contributed by atoms with van der Waals surface area (Å²) in [6, 6.07) is 11.7. The molecule has 0 fully saturated rings. The van der Waals surface area contributed by atoms with Crippen LogP contribution in [0.5, 0.6) is 0 Å². The first-order valence-electron chi connectivity index (χ1n) is 6.40. The summed E-state index contributed by atoms with van der Waals surface area (Å²) in [5.41, 5.74) is 2.32. The van der Waals surface area contributed by atoms with E-state index < -0.39 is 10.0 Å². The lowest BCUT2D eigenvalue weighted by molar-refractivity contribution is 0.102. The van der Waals surface area contributed by atoms with Crippen molar-refractivity contribution in [3.05, 3.63) is 58.6 Å². The SMILES string of the molecule is Cc1ccc(NC(=O)c2ccc(NS(C)(=O)=O)cc2Cl)cc1. The van der Waals surface area contributed by atoms with Crippen LogP contribution in [0, 0.1) is 6.92 Å². The molecule has 116 valence electrons. The van der Waals surface area contributed by atoms with Gasteiger partial charge in [0.25, 0.3) is 5.91 Å². The molecule has 2 N–H and O–H groups in total. The Kier molecular flexibility index (Phi) is 4.73. The Balaban J connectivity index is 2.18. The maximum absolute atomic E-state index is 12.2. The lowest BCUT2D eigenvalue weighted by Crippen LogP contribution is -2.13. The highest BCUT2D eigenvalue weighted by molar-refractivity contribution is 7.92. The number of hydrogen-bond acceptors (Lipinski definition) is 3. The van der Waals surface area contributed by atoms with Gasteiger partial charge < -0.3 is 5.32 Å².